The summed E-state index contributed by atoms with van der Waals surface area (Å²) in [6.07, 6.45) is 0.842. The zero-order valence-corrected chi connectivity index (χ0v) is 8.28. The monoisotopic (exact) mass is 203 g/mol. The maximum absolute atomic E-state index is 10.8. The number of amides is 1. The number of rotatable bonds is 3. The van der Waals surface area contributed by atoms with Crippen LogP contribution in [0, 0.1) is 0 Å². The Morgan fingerprint density at radius 2 is 2.42 bits per heavy atom. The van der Waals surface area contributed by atoms with Crippen molar-refractivity contribution in [3.8, 4) is 0 Å². The second kappa shape index (κ2) is 4.42. The summed E-state index contributed by atoms with van der Waals surface area (Å²) in [6.45, 7) is 1.99. The third-order valence-electron chi connectivity index (χ3n) is 1.16. The van der Waals surface area contributed by atoms with Crippen molar-refractivity contribution < 1.29 is 4.79 Å². The SMILES string of the molecule is CCc1nnc(NC(=O)CS)s1. The molecule has 1 aromatic heterocycles. The van der Waals surface area contributed by atoms with Crippen LogP contribution in [0.4, 0.5) is 5.13 Å². The van der Waals surface area contributed by atoms with Crippen molar-refractivity contribution in [1.82, 2.24) is 10.2 Å². The summed E-state index contributed by atoms with van der Waals surface area (Å²) in [4.78, 5) is 10.8. The van der Waals surface area contributed by atoms with Crippen molar-refractivity contribution in [1.29, 1.82) is 0 Å². The fourth-order valence-electron chi connectivity index (χ4n) is 0.606. The molecule has 4 nitrogen and oxygen atoms in total. The molecule has 0 aliphatic rings. The average molecular weight is 203 g/mol. The highest BCUT2D eigenvalue weighted by Crippen LogP contribution is 2.14. The van der Waals surface area contributed by atoms with Crippen LogP contribution in [0.15, 0.2) is 0 Å². The van der Waals surface area contributed by atoms with Crippen molar-refractivity contribution in [2.24, 2.45) is 0 Å². The lowest BCUT2D eigenvalue weighted by molar-refractivity contribution is -0.113. The molecule has 0 bridgehead atoms. The van der Waals surface area contributed by atoms with Gasteiger partial charge in [-0.15, -0.1) is 10.2 Å². The first-order chi connectivity index (χ1) is 5.76. The smallest absolute Gasteiger partial charge is 0.235 e. The summed E-state index contributed by atoms with van der Waals surface area (Å²) < 4.78 is 0. The molecule has 0 radical (unpaired) electrons. The predicted octanol–water partition coefficient (Wildman–Crippen LogP) is 0.969. The minimum absolute atomic E-state index is 0.155. The molecule has 0 spiro atoms. The Labute approximate surface area is 79.8 Å². The molecule has 1 amide bonds. The van der Waals surface area contributed by atoms with Crippen LogP contribution < -0.4 is 5.32 Å². The number of carbonyl (C=O) groups excluding carboxylic acids is 1. The average Bonchev–Trinajstić information content (AvgIpc) is 2.52. The number of thiol groups is 1. The molecule has 0 fully saturated rings. The van der Waals surface area contributed by atoms with Crippen molar-refractivity contribution >= 4 is 35.0 Å². The normalized spacial score (nSPS) is 9.83. The molecule has 12 heavy (non-hydrogen) atoms. The van der Waals surface area contributed by atoms with Crippen LogP contribution in [0.25, 0.3) is 0 Å². The Hall–Kier alpha value is -0.620. The van der Waals surface area contributed by atoms with Crippen molar-refractivity contribution in [2.75, 3.05) is 11.1 Å². The summed E-state index contributed by atoms with van der Waals surface area (Å²) in [7, 11) is 0. The Balaban J connectivity index is 2.58. The Morgan fingerprint density at radius 3 is 2.92 bits per heavy atom. The quantitative estimate of drug-likeness (QED) is 0.720. The number of aryl methyl sites for hydroxylation is 1. The first-order valence-corrected chi connectivity index (χ1v) is 4.94. The van der Waals surface area contributed by atoms with E-state index in [1.165, 1.54) is 11.3 Å². The highest BCUT2D eigenvalue weighted by atomic mass is 32.1. The minimum Gasteiger partial charge on any atom is -0.300 e. The molecule has 0 atom stereocenters. The number of anilines is 1. The van der Waals surface area contributed by atoms with Gasteiger partial charge in [-0.2, -0.15) is 12.6 Å². The molecule has 0 unspecified atom stereocenters. The summed E-state index contributed by atoms with van der Waals surface area (Å²) >= 11 is 5.21. The van der Waals surface area contributed by atoms with E-state index in [4.69, 9.17) is 0 Å². The van der Waals surface area contributed by atoms with Gasteiger partial charge in [0.25, 0.3) is 0 Å². The Morgan fingerprint density at radius 1 is 1.67 bits per heavy atom. The van der Waals surface area contributed by atoms with Gasteiger partial charge in [0.1, 0.15) is 5.01 Å². The second-order valence-electron chi connectivity index (χ2n) is 2.06. The van der Waals surface area contributed by atoms with E-state index in [-0.39, 0.29) is 11.7 Å². The lowest BCUT2D eigenvalue weighted by atomic mass is 10.5. The van der Waals surface area contributed by atoms with Crippen LogP contribution in [0.2, 0.25) is 0 Å². The van der Waals surface area contributed by atoms with Gasteiger partial charge in [0.15, 0.2) is 0 Å². The number of hydrogen-bond donors (Lipinski definition) is 2. The molecule has 0 saturated carbocycles. The van der Waals surface area contributed by atoms with E-state index >= 15 is 0 Å². The zero-order chi connectivity index (χ0) is 8.97. The zero-order valence-electron chi connectivity index (χ0n) is 6.57. The van der Waals surface area contributed by atoms with E-state index in [0.29, 0.717) is 5.13 Å². The van der Waals surface area contributed by atoms with E-state index in [1.54, 1.807) is 0 Å². The Bertz CT molecular complexity index is 274. The van der Waals surface area contributed by atoms with Crippen LogP contribution in [0.3, 0.4) is 0 Å². The molecule has 66 valence electrons. The largest absolute Gasteiger partial charge is 0.300 e. The number of aromatic nitrogens is 2. The summed E-state index contributed by atoms with van der Waals surface area (Å²) in [5.74, 6) is 0.0123. The van der Waals surface area contributed by atoms with Gasteiger partial charge in [0, 0.05) is 0 Å². The lowest BCUT2D eigenvalue weighted by Gasteiger charge is -1.93. The molecule has 1 N–H and O–H groups in total. The highest BCUT2D eigenvalue weighted by Gasteiger charge is 2.04. The van der Waals surface area contributed by atoms with Crippen LogP contribution in [0.1, 0.15) is 11.9 Å². The molecule has 1 aromatic rings. The van der Waals surface area contributed by atoms with Gasteiger partial charge in [0.2, 0.25) is 11.0 Å². The fourth-order valence-corrected chi connectivity index (χ4v) is 1.38. The topological polar surface area (TPSA) is 54.9 Å². The van der Waals surface area contributed by atoms with Gasteiger partial charge >= 0.3 is 0 Å². The molecular formula is C6H9N3OS2. The third kappa shape index (κ3) is 2.46. The van der Waals surface area contributed by atoms with Gasteiger partial charge < -0.3 is 0 Å². The molecule has 0 aliphatic heterocycles. The van der Waals surface area contributed by atoms with Crippen molar-refractivity contribution in [2.45, 2.75) is 13.3 Å². The number of carbonyl (C=O) groups is 1. The molecule has 0 saturated heterocycles. The van der Waals surface area contributed by atoms with Gasteiger partial charge in [-0.1, -0.05) is 18.3 Å². The van der Waals surface area contributed by atoms with Crippen LogP contribution in [-0.4, -0.2) is 21.9 Å². The number of nitrogens with one attached hydrogen (secondary N) is 1. The van der Waals surface area contributed by atoms with Crippen LogP contribution in [-0.2, 0) is 11.2 Å². The molecule has 6 heteroatoms. The van der Waals surface area contributed by atoms with Crippen LogP contribution >= 0.6 is 24.0 Å². The molecule has 1 rings (SSSR count). The van der Waals surface area contributed by atoms with Gasteiger partial charge in [-0.25, -0.2) is 0 Å². The fraction of sp³-hybridized carbons (Fsp3) is 0.500. The highest BCUT2D eigenvalue weighted by molar-refractivity contribution is 7.81. The number of nitrogens with zero attached hydrogens (tertiary/aromatic N) is 2. The summed E-state index contributed by atoms with van der Waals surface area (Å²) in [6, 6.07) is 0. The van der Waals surface area contributed by atoms with Crippen LogP contribution in [0.5, 0.6) is 0 Å². The summed E-state index contributed by atoms with van der Waals surface area (Å²) in [5, 5.41) is 11.7. The van der Waals surface area contributed by atoms with Gasteiger partial charge in [0.05, 0.1) is 5.75 Å². The predicted molar refractivity (Wildman–Crippen MR) is 51.8 cm³/mol. The Kier molecular flexibility index (Phi) is 3.48. The van der Waals surface area contributed by atoms with E-state index < -0.39 is 0 Å². The van der Waals surface area contributed by atoms with Crippen molar-refractivity contribution in [3.63, 3.8) is 0 Å². The summed E-state index contributed by atoms with van der Waals surface area (Å²) in [5.41, 5.74) is 0. The van der Waals surface area contributed by atoms with E-state index in [9.17, 15) is 4.79 Å². The maximum Gasteiger partial charge on any atom is 0.235 e. The third-order valence-corrected chi connectivity index (χ3v) is 2.43. The van der Waals surface area contributed by atoms with E-state index in [0.717, 1.165) is 11.4 Å². The first-order valence-electron chi connectivity index (χ1n) is 3.49. The number of hydrogen-bond acceptors (Lipinski definition) is 5. The first kappa shape index (κ1) is 9.47. The molecule has 1 heterocycles. The second-order valence-corrected chi connectivity index (χ2v) is 3.44. The van der Waals surface area contributed by atoms with E-state index in [1.807, 2.05) is 6.92 Å². The standard InChI is InChI=1S/C6H9N3OS2/c1-2-5-8-9-6(12-5)7-4(10)3-11/h11H,2-3H2,1H3,(H,7,9,10). The van der Waals surface area contributed by atoms with Gasteiger partial charge in [-0.3, -0.25) is 10.1 Å². The van der Waals surface area contributed by atoms with Crippen molar-refractivity contribution in [3.05, 3.63) is 5.01 Å². The molecule has 0 aromatic carbocycles. The van der Waals surface area contributed by atoms with E-state index in [2.05, 4.69) is 28.1 Å². The molecule has 0 aliphatic carbocycles. The molecular weight excluding hydrogens is 194 g/mol. The lowest BCUT2D eigenvalue weighted by Crippen LogP contribution is -2.12. The minimum atomic E-state index is -0.155. The maximum atomic E-state index is 10.8. The van der Waals surface area contributed by atoms with Gasteiger partial charge in [-0.05, 0) is 6.42 Å².